The molecule has 1 aliphatic heterocycles. The third kappa shape index (κ3) is 8.51. The van der Waals surface area contributed by atoms with Gasteiger partial charge in [-0.3, -0.25) is 24.0 Å². The Bertz CT molecular complexity index is 3880. The van der Waals surface area contributed by atoms with Crippen molar-refractivity contribution in [2.45, 2.75) is 14.7 Å². The largest absolute Gasteiger partial charge is 0.507 e. The van der Waals surface area contributed by atoms with Crippen LogP contribution < -0.4 is 19.8 Å². The average Bonchev–Trinajstić information content (AvgIpc) is 3.61. The molecule has 0 bridgehead atoms. The Morgan fingerprint density at radius 3 is 1.26 bits per heavy atom. The molecular formula is C48H35N5O16S3. The molecule has 1 heterocycles. The van der Waals surface area contributed by atoms with Crippen LogP contribution in [0.2, 0.25) is 0 Å². The first kappa shape index (κ1) is 49.9. The maximum atomic E-state index is 13.0. The van der Waals surface area contributed by atoms with E-state index in [-0.39, 0.29) is 83.5 Å². The highest BCUT2D eigenvalue weighted by Gasteiger charge is 2.41. The lowest BCUT2D eigenvalue weighted by atomic mass is 9.83. The van der Waals surface area contributed by atoms with Gasteiger partial charge in [-0.25, -0.2) is 36.7 Å². The van der Waals surface area contributed by atoms with Crippen molar-refractivity contribution in [1.82, 2.24) is 9.80 Å². The number of ether oxygens (including phenoxy) is 2. The Kier molecular flexibility index (Phi) is 12.5. The van der Waals surface area contributed by atoms with Gasteiger partial charge in [-0.2, -0.15) is 12.8 Å². The molecule has 6 aromatic rings. The molecule has 10 rings (SSSR count). The van der Waals surface area contributed by atoms with Gasteiger partial charge in [0.05, 0.1) is 48.2 Å². The standard InChI is InChI=1S/C17H14N2O6S.C17H12N2O5S.C14H9NO5S/c1-19(2)17(22)25-11-7-3-5-9-13(11)15(20)10-6-4-8-12(26(18,23)24)14(10)16(9)21;1-19(2)17(21)24-11-7-3-5-9-13(11)16(20)10-6-4-8-12-14(10)15(9)18-25(12,22)23;15-21(19,20)10-6-2-4-8-12(10)14(18)7-3-1-5-9(16)11(7)13(8)17/h3-8H,1-2H3,(H2,18,23,24);3-8H,1-2H3;1-6,16H,(H2,15,19,20). The van der Waals surface area contributed by atoms with Gasteiger partial charge in [0.2, 0.25) is 20.0 Å². The van der Waals surface area contributed by atoms with E-state index in [1.54, 1.807) is 18.2 Å². The molecule has 21 nitrogen and oxygen atoms in total. The first-order valence-electron chi connectivity index (χ1n) is 20.7. The van der Waals surface area contributed by atoms with E-state index in [0.29, 0.717) is 11.1 Å². The highest BCUT2D eigenvalue weighted by atomic mass is 32.2. The van der Waals surface area contributed by atoms with Crippen LogP contribution in [-0.2, 0) is 30.1 Å². The molecule has 366 valence electrons. The zero-order valence-electron chi connectivity index (χ0n) is 37.7. The third-order valence-electron chi connectivity index (χ3n) is 11.3. The van der Waals surface area contributed by atoms with E-state index in [9.17, 15) is 63.9 Å². The fourth-order valence-corrected chi connectivity index (χ4v) is 10.8. The number of rotatable bonds is 4. The van der Waals surface area contributed by atoms with E-state index in [4.69, 9.17) is 19.8 Å². The first-order valence-corrected chi connectivity index (χ1v) is 25.2. The van der Waals surface area contributed by atoms with Crippen LogP contribution in [0.5, 0.6) is 17.2 Å². The number of hydrogen-bond acceptors (Lipinski definition) is 16. The van der Waals surface area contributed by atoms with E-state index in [2.05, 4.69) is 4.40 Å². The van der Waals surface area contributed by atoms with Crippen LogP contribution in [0.15, 0.2) is 128 Å². The number of carbonyl (C=O) groups is 7. The first-order chi connectivity index (χ1) is 33.8. The van der Waals surface area contributed by atoms with Crippen LogP contribution in [-0.4, -0.2) is 115 Å². The number of amides is 2. The molecule has 5 N–H and O–H groups in total. The normalized spacial score (nSPS) is 14.2. The minimum atomic E-state index is -4.21. The number of ketones is 5. The molecule has 0 fully saturated rings. The Balaban J connectivity index is 0.000000145. The number of nitrogens with two attached hydrogens (primary N) is 2. The van der Waals surface area contributed by atoms with Gasteiger partial charge in [-0.05, 0) is 36.4 Å². The summed E-state index contributed by atoms with van der Waals surface area (Å²) in [7, 11) is -6.22. The van der Waals surface area contributed by atoms with Crippen LogP contribution in [0.4, 0.5) is 9.59 Å². The topological polar surface area (TPSA) is 331 Å². The second-order valence-corrected chi connectivity index (χ2v) is 20.9. The summed E-state index contributed by atoms with van der Waals surface area (Å²) in [6.07, 6.45) is -1.36. The van der Waals surface area contributed by atoms with Gasteiger partial charge < -0.3 is 24.4 Å². The second kappa shape index (κ2) is 18.0. The Morgan fingerprint density at radius 2 is 0.819 bits per heavy atom. The van der Waals surface area contributed by atoms with E-state index in [1.165, 1.54) is 129 Å². The van der Waals surface area contributed by atoms with Crippen molar-refractivity contribution < 1.29 is 73.4 Å². The van der Waals surface area contributed by atoms with Crippen LogP contribution in [0.1, 0.15) is 90.7 Å². The summed E-state index contributed by atoms with van der Waals surface area (Å²) < 4.78 is 85.6. The number of aromatic hydroxyl groups is 1. The van der Waals surface area contributed by atoms with Gasteiger partial charge in [0, 0.05) is 67.1 Å². The van der Waals surface area contributed by atoms with Crippen molar-refractivity contribution >= 4 is 76.9 Å². The molecule has 0 saturated heterocycles. The molecule has 0 aromatic heterocycles. The molecule has 6 aromatic carbocycles. The number of primary sulfonamides is 2. The smallest absolute Gasteiger partial charge is 0.414 e. The lowest BCUT2D eigenvalue weighted by molar-refractivity contribution is 0.0973. The summed E-state index contributed by atoms with van der Waals surface area (Å²) in [5, 5.41) is 20.1. The number of fused-ring (bicyclic) bond motifs is 6. The lowest BCUT2D eigenvalue weighted by Crippen LogP contribution is -2.29. The highest BCUT2D eigenvalue weighted by Crippen LogP contribution is 2.41. The van der Waals surface area contributed by atoms with Gasteiger partial charge >= 0.3 is 12.2 Å². The maximum absolute atomic E-state index is 13.0. The fraction of sp³-hybridized carbons (Fsp3) is 0.0833. The van der Waals surface area contributed by atoms with Crippen LogP contribution >= 0.6 is 0 Å². The predicted molar refractivity (Wildman–Crippen MR) is 252 cm³/mol. The van der Waals surface area contributed by atoms with Crippen molar-refractivity contribution in [2.24, 2.45) is 14.7 Å². The molecule has 0 saturated carbocycles. The van der Waals surface area contributed by atoms with E-state index >= 15 is 0 Å². The Labute approximate surface area is 409 Å². The fourth-order valence-electron chi connectivity index (χ4n) is 8.06. The number of hydrogen-bond donors (Lipinski definition) is 3. The van der Waals surface area contributed by atoms with Gasteiger partial charge in [0.15, 0.2) is 28.9 Å². The summed E-state index contributed by atoms with van der Waals surface area (Å²) in [4.78, 5) is 89.0. The van der Waals surface area contributed by atoms with Crippen molar-refractivity contribution in [2.75, 3.05) is 28.2 Å². The maximum Gasteiger partial charge on any atom is 0.414 e. The summed E-state index contributed by atoms with van der Waals surface area (Å²) in [5.41, 5.74) is 0.222. The van der Waals surface area contributed by atoms with Gasteiger partial charge in [-0.15, -0.1) is 0 Å². The van der Waals surface area contributed by atoms with Crippen LogP contribution in [0.25, 0.3) is 0 Å². The molecule has 0 spiro atoms. The number of nitrogens with zero attached hydrogens (tertiary/aromatic N) is 3. The van der Waals surface area contributed by atoms with Crippen molar-refractivity contribution in [3.05, 3.63) is 176 Å². The third-order valence-corrected chi connectivity index (χ3v) is 14.5. The number of benzene rings is 6. The highest BCUT2D eigenvalue weighted by molar-refractivity contribution is 7.91. The molecule has 2 amide bonds. The number of phenolic OH excluding ortho intramolecular Hbond substituents is 1. The summed E-state index contributed by atoms with van der Waals surface area (Å²) in [6, 6.07) is 25.1. The quantitative estimate of drug-likeness (QED) is 0.226. The Hall–Kier alpha value is -8.55. The molecule has 4 aliphatic rings. The predicted octanol–water partition coefficient (Wildman–Crippen LogP) is 3.82. The SMILES string of the molecule is CN(C)C(=O)Oc1cccc2c1C(=O)c1cccc(S(N)(=O)=O)c1C2=O.CN(C)C(=O)Oc1cccc2c1C(=O)c1cccc3c1C2=NS3(=O)=O.NS(=O)(=O)c1cccc2c1C(=O)c1cccc(O)c1C2=O. The summed E-state index contributed by atoms with van der Waals surface area (Å²) >= 11 is 0. The van der Waals surface area contributed by atoms with E-state index in [0.717, 1.165) is 0 Å². The molecule has 72 heavy (non-hydrogen) atoms. The zero-order valence-corrected chi connectivity index (χ0v) is 40.1. The van der Waals surface area contributed by atoms with E-state index in [1.807, 2.05) is 0 Å². The lowest BCUT2D eigenvalue weighted by Gasteiger charge is -2.21. The van der Waals surface area contributed by atoms with Gasteiger partial charge in [0.1, 0.15) is 17.2 Å². The molecule has 0 atom stereocenters. The van der Waals surface area contributed by atoms with Crippen molar-refractivity contribution in [3.63, 3.8) is 0 Å². The van der Waals surface area contributed by atoms with Crippen LogP contribution in [0, 0.1) is 0 Å². The molecule has 0 unspecified atom stereocenters. The zero-order chi connectivity index (χ0) is 52.5. The van der Waals surface area contributed by atoms with Gasteiger partial charge in [-0.1, -0.05) is 72.8 Å². The molecule has 3 aliphatic carbocycles. The number of phenols is 1. The average molecular weight is 1030 g/mol. The van der Waals surface area contributed by atoms with Crippen LogP contribution in [0.3, 0.4) is 0 Å². The molecule has 24 heteroatoms. The minimum absolute atomic E-state index is 0.0229. The molecular weight excluding hydrogens is 999 g/mol. The second-order valence-electron chi connectivity index (χ2n) is 16.3. The number of carbonyl (C=O) groups excluding carboxylic acids is 7. The van der Waals surface area contributed by atoms with Crippen molar-refractivity contribution in [3.8, 4) is 17.2 Å². The monoisotopic (exact) mass is 1030 g/mol. The molecule has 0 radical (unpaired) electrons. The Morgan fingerprint density at radius 1 is 0.486 bits per heavy atom. The summed E-state index contributed by atoms with van der Waals surface area (Å²) in [6.45, 7) is 0. The summed E-state index contributed by atoms with van der Waals surface area (Å²) in [5.74, 6) is -3.29. The van der Waals surface area contributed by atoms with Gasteiger partial charge in [0.25, 0.3) is 10.0 Å². The van der Waals surface area contributed by atoms with E-state index < -0.39 is 81.0 Å². The minimum Gasteiger partial charge on any atom is -0.507 e. The van der Waals surface area contributed by atoms with Crippen molar-refractivity contribution in [1.29, 1.82) is 0 Å². The number of sulfonamides is 3.